The second kappa shape index (κ2) is 7.15. The van der Waals surface area contributed by atoms with E-state index in [9.17, 15) is 29.2 Å². The smallest absolute Gasteiger partial charge is 0.390 e. The van der Waals surface area contributed by atoms with Gasteiger partial charge in [0.05, 0.1) is 6.10 Å². The van der Waals surface area contributed by atoms with E-state index in [-0.39, 0.29) is 18.6 Å². The highest BCUT2D eigenvalue weighted by Gasteiger charge is 2.76. The van der Waals surface area contributed by atoms with Gasteiger partial charge in [-0.25, -0.2) is 13.8 Å². The van der Waals surface area contributed by atoms with Crippen molar-refractivity contribution in [2.24, 2.45) is 28.6 Å². The van der Waals surface area contributed by atoms with Crippen LogP contribution in [-0.2, 0) is 23.5 Å². The van der Waals surface area contributed by atoms with Gasteiger partial charge in [-0.2, -0.15) is 0 Å². The SMILES string of the molecule is C[C@@H]1C[C@H]2[C@@H]3CCC4=CC(=O)C=C[C@]4(C)[C@@]3(F)[C@@H](O)C[C@]2(C)[C@@](O)(C(=O)OP(=O)(O)O)C1=O. The molecule has 0 heterocycles. The van der Waals surface area contributed by atoms with E-state index in [1.54, 1.807) is 6.92 Å². The molecule has 9 nitrogen and oxygen atoms in total. The highest BCUT2D eigenvalue weighted by molar-refractivity contribution is 7.46. The summed E-state index contributed by atoms with van der Waals surface area (Å²) in [4.78, 5) is 56.0. The summed E-state index contributed by atoms with van der Waals surface area (Å²) in [6.07, 6.45) is 2.46. The highest BCUT2D eigenvalue weighted by Crippen LogP contribution is 2.68. The van der Waals surface area contributed by atoms with Crippen LogP contribution in [0.15, 0.2) is 23.8 Å². The average Bonchev–Trinajstić information content (AvgIpc) is 2.69. The lowest BCUT2D eigenvalue weighted by molar-refractivity contribution is -0.249. The summed E-state index contributed by atoms with van der Waals surface area (Å²) in [5.74, 6) is -5.68. The average molecular weight is 486 g/mol. The van der Waals surface area contributed by atoms with Gasteiger partial charge in [0.25, 0.3) is 0 Å². The zero-order valence-corrected chi connectivity index (χ0v) is 19.4. The van der Waals surface area contributed by atoms with Crippen LogP contribution in [0.5, 0.6) is 0 Å². The molecule has 33 heavy (non-hydrogen) atoms. The molecule has 11 heteroatoms. The molecule has 8 atom stereocenters. The Morgan fingerprint density at radius 2 is 1.88 bits per heavy atom. The molecule has 0 aromatic rings. The van der Waals surface area contributed by atoms with E-state index < -0.39 is 72.0 Å². The van der Waals surface area contributed by atoms with E-state index in [4.69, 9.17) is 9.79 Å². The third-order valence-corrected chi connectivity index (χ3v) is 9.17. The number of ketones is 2. The number of aliphatic hydroxyl groups is 2. The molecule has 0 bridgehead atoms. The van der Waals surface area contributed by atoms with Gasteiger partial charge in [0.2, 0.25) is 5.60 Å². The predicted octanol–water partition coefficient (Wildman–Crippen LogP) is 1.54. The van der Waals surface area contributed by atoms with E-state index >= 15 is 4.39 Å². The molecule has 3 saturated carbocycles. The molecular weight excluding hydrogens is 458 g/mol. The van der Waals surface area contributed by atoms with Gasteiger partial charge >= 0.3 is 13.8 Å². The lowest BCUT2D eigenvalue weighted by Gasteiger charge is -2.66. The van der Waals surface area contributed by atoms with Crippen LogP contribution in [0.25, 0.3) is 0 Å². The molecule has 0 unspecified atom stereocenters. The predicted molar refractivity (Wildman–Crippen MR) is 111 cm³/mol. The standard InChI is InChI=1S/C22H28FO9P/c1-11-8-15-14-5-4-12-9-13(24)6-7-19(12,2)21(14,23)16(25)10-20(15,3)22(28,17(11)26)18(27)32-33(29,30)31/h6-7,9,11,14-16,25,28H,4-5,8,10H2,1-3H3,(H2,29,30,31)/t11-,14+,15+,16+,19+,20+,21+,22+/m1/s1. The third kappa shape index (κ3) is 3.04. The van der Waals surface area contributed by atoms with Crippen molar-refractivity contribution in [3.63, 3.8) is 0 Å². The van der Waals surface area contributed by atoms with Crippen molar-refractivity contribution in [1.29, 1.82) is 0 Å². The molecule has 0 aromatic carbocycles. The molecule has 0 amide bonds. The Morgan fingerprint density at radius 1 is 1.24 bits per heavy atom. The van der Waals surface area contributed by atoms with Crippen molar-refractivity contribution >= 4 is 25.4 Å². The minimum atomic E-state index is -5.40. The number of phosphoric ester groups is 1. The minimum Gasteiger partial charge on any atom is -0.390 e. The molecule has 4 N–H and O–H groups in total. The molecule has 4 aliphatic carbocycles. The van der Waals surface area contributed by atoms with Gasteiger partial charge in [0.15, 0.2) is 17.2 Å². The number of rotatable bonds is 2. The van der Waals surface area contributed by atoms with Gasteiger partial charge in [-0.3, -0.25) is 19.4 Å². The van der Waals surface area contributed by atoms with E-state index in [1.807, 2.05) is 0 Å². The molecule has 3 fully saturated rings. The number of hydrogen-bond acceptors (Lipinski definition) is 7. The Labute approximate surface area is 189 Å². The number of carbonyl (C=O) groups excluding carboxylic acids is 3. The van der Waals surface area contributed by atoms with Gasteiger partial charge in [-0.05, 0) is 50.7 Å². The van der Waals surface area contributed by atoms with Gasteiger partial charge in [-0.1, -0.05) is 25.5 Å². The number of alkyl halides is 1. The number of fused-ring (bicyclic) bond motifs is 5. The van der Waals surface area contributed by atoms with Gasteiger partial charge in [0.1, 0.15) is 0 Å². The summed E-state index contributed by atoms with van der Waals surface area (Å²) >= 11 is 0. The maximum absolute atomic E-state index is 17.1. The first-order valence-corrected chi connectivity index (χ1v) is 12.4. The van der Waals surface area contributed by atoms with E-state index in [2.05, 4.69) is 4.52 Å². The summed E-state index contributed by atoms with van der Waals surface area (Å²) in [6, 6.07) is 0. The molecule has 0 saturated heterocycles. The summed E-state index contributed by atoms with van der Waals surface area (Å²) < 4.78 is 32.6. The van der Waals surface area contributed by atoms with E-state index in [0.29, 0.717) is 12.0 Å². The Hall–Kier alpha value is -1.71. The Morgan fingerprint density at radius 3 is 2.48 bits per heavy atom. The first-order valence-electron chi connectivity index (χ1n) is 10.9. The van der Waals surface area contributed by atoms with Crippen LogP contribution >= 0.6 is 7.82 Å². The van der Waals surface area contributed by atoms with Crippen LogP contribution < -0.4 is 0 Å². The molecule has 4 aliphatic rings. The lowest BCUT2D eigenvalue weighted by Crippen LogP contribution is -2.75. The molecule has 182 valence electrons. The van der Waals surface area contributed by atoms with Crippen LogP contribution in [0.1, 0.15) is 46.5 Å². The maximum atomic E-state index is 17.1. The quantitative estimate of drug-likeness (QED) is 0.335. The molecule has 0 aromatic heterocycles. The fraction of sp³-hybridized carbons (Fsp3) is 0.682. The minimum absolute atomic E-state index is 0.113. The van der Waals surface area contributed by atoms with Gasteiger partial charge < -0.3 is 14.7 Å². The molecule has 0 spiro atoms. The Bertz CT molecular complexity index is 1050. The molecular formula is C22H28FO9P. The monoisotopic (exact) mass is 486 g/mol. The Balaban J connectivity index is 1.85. The summed E-state index contributed by atoms with van der Waals surface area (Å²) in [6.45, 7) is 4.42. The summed E-state index contributed by atoms with van der Waals surface area (Å²) in [5, 5.41) is 22.6. The summed E-state index contributed by atoms with van der Waals surface area (Å²) in [5.41, 5.74) is -7.73. The number of allylic oxidation sites excluding steroid dienone is 4. The second-order valence-electron chi connectivity index (χ2n) is 10.3. The van der Waals surface area contributed by atoms with Crippen LogP contribution in [-0.4, -0.2) is 54.9 Å². The zero-order chi connectivity index (χ0) is 24.8. The van der Waals surface area contributed by atoms with Crippen LogP contribution in [0.3, 0.4) is 0 Å². The first-order chi connectivity index (χ1) is 15.0. The number of aliphatic hydroxyl groups excluding tert-OH is 1. The fourth-order valence-electron chi connectivity index (χ4n) is 7.04. The third-order valence-electron chi connectivity index (χ3n) is 8.77. The number of carbonyl (C=O) groups is 3. The van der Waals surface area contributed by atoms with Crippen LogP contribution in [0.4, 0.5) is 4.39 Å². The number of Topliss-reactive ketones (excluding diaryl/α,β-unsaturated/α-hetero) is 1. The van der Waals surface area contributed by atoms with Crippen LogP contribution in [0, 0.1) is 28.6 Å². The first kappa shape index (κ1) is 24.4. The fourth-order valence-corrected chi connectivity index (χ4v) is 7.39. The maximum Gasteiger partial charge on any atom is 0.527 e. The van der Waals surface area contributed by atoms with Crippen molar-refractivity contribution in [3.8, 4) is 0 Å². The topological polar surface area (TPSA) is 158 Å². The summed E-state index contributed by atoms with van der Waals surface area (Å²) in [7, 11) is -5.40. The number of phosphoric acid groups is 1. The number of halogens is 1. The van der Waals surface area contributed by atoms with Crippen molar-refractivity contribution in [2.45, 2.75) is 63.8 Å². The Kier molecular flexibility index (Phi) is 5.29. The van der Waals surface area contributed by atoms with Crippen molar-refractivity contribution < 1.29 is 47.9 Å². The van der Waals surface area contributed by atoms with Crippen molar-refractivity contribution in [2.75, 3.05) is 0 Å². The lowest BCUT2D eigenvalue weighted by atomic mass is 9.40. The molecule has 0 aliphatic heterocycles. The molecule has 4 rings (SSSR count). The van der Waals surface area contributed by atoms with E-state index in [0.717, 1.165) is 0 Å². The molecule has 0 radical (unpaired) electrons. The van der Waals surface area contributed by atoms with Gasteiger partial charge in [-0.15, -0.1) is 0 Å². The van der Waals surface area contributed by atoms with Gasteiger partial charge in [0, 0.05) is 22.7 Å². The van der Waals surface area contributed by atoms with Crippen molar-refractivity contribution in [3.05, 3.63) is 23.8 Å². The van der Waals surface area contributed by atoms with E-state index in [1.165, 1.54) is 32.1 Å². The normalized spacial score (nSPS) is 47.2. The number of hydrogen-bond donors (Lipinski definition) is 4. The largest absolute Gasteiger partial charge is 0.527 e. The highest BCUT2D eigenvalue weighted by atomic mass is 31.2. The second-order valence-corrected chi connectivity index (χ2v) is 11.5. The van der Waals surface area contributed by atoms with Crippen molar-refractivity contribution in [1.82, 2.24) is 0 Å². The van der Waals surface area contributed by atoms with Crippen LogP contribution in [0.2, 0.25) is 0 Å². The zero-order valence-electron chi connectivity index (χ0n) is 18.5.